The molecule has 2 amide bonds. The van der Waals surface area contributed by atoms with Crippen molar-refractivity contribution in [3.63, 3.8) is 0 Å². The maximum atomic E-state index is 12.6. The van der Waals surface area contributed by atoms with Crippen molar-refractivity contribution in [3.05, 3.63) is 58.4 Å². The molecule has 1 aliphatic rings. The average molecular weight is 488 g/mol. The monoisotopic (exact) mass is 487 g/mol. The molecule has 2 heterocycles. The zero-order valence-corrected chi connectivity index (χ0v) is 19.6. The standard InChI is InChI=1S/C22H21N3O6S2/c1-24-17-8-7-15(21(28)31-2)11-18(17)32-22(24)23-19(26)12-33(29,30)13-20(27)25-10-9-14-5-3-4-6-16(14)25/h3-8,11H,9-10,12-13H2,1-2H3. The lowest BCUT2D eigenvalue weighted by Gasteiger charge is -2.17. The van der Waals surface area contributed by atoms with Crippen molar-refractivity contribution in [3.8, 4) is 0 Å². The van der Waals surface area contributed by atoms with Gasteiger partial charge in [0.2, 0.25) is 5.91 Å². The predicted octanol–water partition coefficient (Wildman–Crippen LogP) is 1.46. The molecule has 0 saturated heterocycles. The molecule has 0 saturated carbocycles. The molecule has 0 N–H and O–H groups in total. The van der Waals surface area contributed by atoms with Crippen LogP contribution in [-0.4, -0.2) is 55.9 Å². The van der Waals surface area contributed by atoms with Crippen LogP contribution in [0.5, 0.6) is 0 Å². The Morgan fingerprint density at radius 1 is 1.12 bits per heavy atom. The third-order valence-electron chi connectivity index (χ3n) is 5.33. The summed E-state index contributed by atoms with van der Waals surface area (Å²) < 4.78 is 32.1. The van der Waals surface area contributed by atoms with Crippen LogP contribution in [0.25, 0.3) is 10.2 Å². The largest absolute Gasteiger partial charge is 0.465 e. The van der Waals surface area contributed by atoms with E-state index in [2.05, 4.69) is 4.99 Å². The van der Waals surface area contributed by atoms with Crippen molar-refractivity contribution in [1.82, 2.24) is 4.57 Å². The summed E-state index contributed by atoms with van der Waals surface area (Å²) in [6, 6.07) is 12.3. The van der Waals surface area contributed by atoms with Gasteiger partial charge in [-0.15, -0.1) is 0 Å². The summed E-state index contributed by atoms with van der Waals surface area (Å²) >= 11 is 1.14. The summed E-state index contributed by atoms with van der Waals surface area (Å²) in [5.74, 6) is -3.53. The van der Waals surface area contributed by atoms with Gasteiger partial charge < -0.3 is 14.2 Å². The Morgan fingerprint density at radius 3 is 2.64 bits per heavy atom. The number of aryl methyl sites for hydroxylation is 1. The van der Waals surface area contributed by atoms with E-state index in [1.807, 2.05) is 12.1 Å². The number of thiazole rings is 1. The minimum absolute atomic E-state index is 0.284. The number of para-hydroxylation sites is 1. The van der Waals surface area contributed by atoms with Gasteiger partial charge in [0, 0.05) is 19.3 Å². The van der Waals surface area contributed by atoms with Gasteiger partial charge in [0.15, 0.2) is 14.6 Å². The van der Waals surface area contributed by atoms with Gasteiger partial charge >= 0.3 is 5.97 Å². The Balaban J connectivity index is 1.50. The smallest absolute Gasteiger partial charge is 0.337 e. The lowest BCUT2D eigenvalue weighted by molar-refractivity contribution is -0.116. The number of aromatic nitrogens is 1. The van der Waals surface area contributed by atoms with E-state index in [0.29, 0.717) is 28.9 Å². The van der Waals surface area contributed by atoms with Gasteiger partial charge in [0.25, 0.3) is 5.91 Å². The molecule has 0 aliphatic carbocycles. The maximum Gasteiger partial charge on any atom is 0.337 e. The molecule has 172 valence electrons. The molecule has 3 aromatic rings. The van der Waals surface area contributed by atoms with Crippen molar-refractivity contribution in [2.45, 2.75) is 6.42 Å². The first kappa shape index (κ1) is 22.9. The Morgan fingerprint density at radius 2 is 1.88 bits per heavy atom. The number of rotatable bonds is 5. The Hall–Kier alpha value is -3.31. The molecule has 0 radical (unpaired) electrons. The number of nitrogens with zero attached hydrogens (tertiary/aromatic N) is 3. The summed E-state index contributed by atoms with van der Waals surface area (Å²) in [6.45, 7) is 0.414. The molecule has 4 rings (SSSR count). The lowest BCUT2D eigenvalue weighted by atomic mass is 10.2. The van der Waals surface area contributed by atoms with Gasteiger partial charge in [-0.3, -0.25) is 9.59 Å². The van der Waals surface area contributed by atoms with Crippen molar-refractivity contribution >= 4 is 54.9 Å². The molecule has 9 nitrogen and oxygen atoms in total. The Labute approximate surface area is 193 Å². The number of esters is 1. The van der Waals surface area contributed by atoms with E-state index in [9.17, 15) is 22.8 Å². The summed E-state index contributed by atoms with van der Waals surface area (Å²) in [5.41, 5.74) is 2.78. The van der Waals surface area contributed by atoms with Crippen molar-refractivity contribution in [2.24, 2.45) is 12.0 Å². The zero-order chi connectivity index (χ0) is 23.8. The summed E-state index contributed by atoms with van der Waals surface area (Å²) in [6.07, 6.45) is 0.663. The van der Waals surface area contributed by atoms with Crippen LogP contribution in [-0.2, 0) is 37.6 Å². The molecule has 1 aliphatic heterocycles. The van der Waals surface area contributed by atoms with Crippen LogP contribution in [0.15, 0.2) is 47.5 Å². The molecular formula is C22H21N3O6S2. The minimum atomic E-state index is -4.00. The first-order valence-electron chi connectivity index (χ1n) is 10.0. The number of carbonyl (C=O) groups excluding carboxylic acids is 3. The number of hydrogen-bond acceptors (Lipinski definition) is 7. The fraction of sp³-hybridized carbons (Fsp3) is 0.273. The summed E-state index contributed by atoms with van der Waals surface area (Å²) in [4.78, 5) is 42.4. The van der Waals surface area contributed by atoms with Crippen molar-refractivity contribution in [2.75, 3.05) is 30.1 Å². The molecule has 33 heavy (non-hydrogen) atoms. The van der Waals surface area contributed by atoms with E-state index in [0.717, 1.165) is 22.4 Å². The Kier molecular flexibility index (Phi) is 6.17. The SMILES string of the molecule is COC(=O)c1ccc2c(c1)sc(=NC(=O)CS(=O)(=O)CC(=O)N1CCc3ccccc31)n2C. The molecule has 11 heteroatoms. The van der Waals surface area contributed by atoms with Crippen LogP contribution >= 0.6 is 11.3 Å². The number of carbonyl (C=O) groups is 3. The molecule has 0 unspecified atom stereocenters. The van der Waals surface area contributed by atoms with E-state index in [1.54, 1.807) is 41.9 Å². The van der Waals surface area contributed by atoms with E-state index >= 15 is 0 Å². The summed E-state index contributed by atoms with van der Waals surface area (Å²) in [7, 11) is -1.03. The van der Waals surface area contributed by atoms with Gasteiger partial charge in [-0.25, -0.2) is 13.2 Å². The van der Waals surface area contributed by atoms with E-state index in [1.165, 1.54) is 12.0 Å². The highest BCUT2D eigenvalue weighted by atomic mass is 32.2. The third-order valence-corrected chi connectivity index (χ3v) is 7.79. The van der Waals surface area contributed by atoms with Gasteiger partial charge in [-0.2, -0.15) is 4.99 Å². The van der Waals surface area contributed by atoms with E-state index in [-0.39, 0.29) is 4.80 Å². The first-order chi connectivity index (χ1) is 15.7. The first-order valence-corrected chi connectivity index (χ1v) is 12.7. The number of benzene rings is 2. The van der Waals surface area contributed by atoms with Crippen LogP contribution in [0, 0.1) is 0 Å². The second kappa shape index (κ2) is 8.91. The average Bonchev–Trinajstić information content (AvgIpc) is 3.33. The maximum absolute atomic E-state index is 12.6. The molecule has 0 atom stereocenters. The van der Waals surface area contributed by atoms with Gasteiger partial charge in [0.1, 0.15) is 11.5 Å². The van der Waals surface area contributed by atoms with Crippen LogP contribution in [0.1, 0.15) is 15.9 Å². The fourth-order valence-electron chi connectivity index (χ4n) is 3.73. The predicted molar refractivity (Wildman–Crippen MR) is 124 cm³/mol. The summed E-state index contributed by atoms with van der Waals surface area (Å²) in [5, 5.41) is 0. The number of methoxy groups -OCH3 is 1. The topological polar surface area (TPSA) is 115 Å². The Bertz CT molecular complexity index is 1450. The van der Waals surface area contributed by atoms with Gasteiger partial charge in [-0.1, -0.05) is 29.5 Å². The van der Waals surface area contributed by atoms with Gasteiger partial charge in [-0.05, 0) is 36.2 Å². The number of amides is 2. The molecule has 2 aromatic carbocycles. The normalized spacial score (nSPS) is 13.9. The molecule has 0 fully saturated rings. The van der Waals surface area contributed by atoms with Crippen LogP contribution in [0.3, 0.4) is 0 Å². The van der Waals surface area contributed by atoms with E-state index in [4.69, 9.17) is 4.74 Å². The third kappa shape index (κ3) is 4.74. The molecular weight excluding hydrogens is 466 g/mol. The van der Waals surface area contributed by atoms with E-state index < -0.39 is 39.1 Å². The second-order valence-electron chi connectivity index (χ2n) is 7.58. The highest BCUT2D eigenvalue weighted by Gasteiger charge is 2.29. The fourth-order valence-corrected chi connectivity index (χ4v) is 5.88. The van der Waals surface area contributed by atoms with Gasteiger partial charge in [0.05, 0.1) is 22.9 Å². The lowest BCUT2D eigenvalue weighted by Crippen LogP contribution is -2.36. The number of sulfone groups is 1. The van der Waals surface area contributed by atoms with Crippen LogP contribution in [0.2, 0.25) is 0 Å². The highest BCUT2D eigenvalue weighted by Crippen LogP contribution is 2.27. The number of ether oxygens (including phenoxy) is 1. The number of hydrogen-bond donors (Lipinski definition) is 0. The number of fused-ring (bicyclic) bond motifs is 2. The second-order valence-corrected chi connectivity index (χ2v) is 10.7. The van der Waals surface area contributed by atoms with Crippen LogP contribution < -0.4 is 9.70 Å². The molecule has 0 spiro atoms. The molecule has 1 aromatic heterocycles. The van der Waals surface area contributed by atoms with Crippen molar-refractivity contribution < 1.29 is 27.5 Å². The molecule has 0 bridgehead atoms. The number of anilines is 1. The quantitative estimate of drug-likeness (QED) is 0.503. The van der Waals surface area contributed by atoms with Crippen LogP contribution in [0.4, 0.5) is 5.69 Å². The minimum Gasteiger partial charge on any atom is -0.465 e. The highest BCUT2D eigenvalue weighted by molar-refractivity contribution is 7.92. The zero-order valence-electron chi connectivity index (χ0n) is 18.0. The van der Waals surface area contributed by atoms with Crippen molar-refractivity contribution in [1.29, 1.82) is 0 Å².